The van der Waals surface area contributed by atoms with Gasteiger partial charge in [-0.2, -0.15) is 0 Å². The van der Waals surface area contributed by atoms with E-state index in [9.17, 15) is 13.2 Å². The summed E-state index contributed by atoms with van der Waals surface area (Å²) in [5.74, 6) is 0.0239. The van der Waals surface area contributed by atoms with Crippen molar-refractivity contribution in [3.8, 4) is 0 Å². The predicted molar refractivity (Wildman–Crippen MR) is 86.6 cm³/mol. The SMILES string of the molecule is CN(C)S(=O)(=O)c1ccc(NC(=O)CSc2nncs2)cc1. The molecule has 0 saturated carbocycles. The van der Waals surface area contributed by atoms with Crippen LogP contribution in [0.2, 0.25) is 0 Å². The minimum absolute atomic E-state index is 0.179. The number of nitrogens with one attached hydrogen (secondary N) is 1. The molecule has 0 aliphatic carbocycles. The van der Waals surface area contributed by atoms with E-state index < -0.39 is 10.0 Å². The van der Waals surface area contributed by atoms with Gasteiger partial charge in [-0.15, -0.1) is 10.2 Å². The van der Waals surface area contributed by atoms with E-state index in [1.807, 2.05) is 0 Å². The third-order valence-corrected chi connectivity index (χ3v) is 6.27. The van der Waals surface area contributed by atoms with Gasteiger partial charge in [0.2, 0.25) is 15.9 Å². The van der Waals surface area contributed by atoms with Gasteiger partial charge in [-0.1, -0.05) is 23.1 Å². The van der Waals surface area contributed by atoms with Gasteiger partial charge in [0.15, 0.2) is 4.34 Å². The molecule has 0 radical (unpaired) electrons. The van der Waals surface area contributed by atoms with Crippen LogP contribution in [0.3, 0.4) is 0 Å². The number of benzene rings is 1. The molecule has 22 heavy (non-hydrogen) atoms. The van der Waals surface area contributed by atoms with Crippen LogP contribution in [0.5, 0.6) is 0 Å². The fourth-order valence-electron chi connectivity index (χ4n) is 1.47. The summed E-state index contributed by atoms with van der Waals surface area (Å²) in [6, 6.07) is 6.04. The van der Waals surface area contributed by atoms with Gasteiger partial charge in [-0.3, -0.25) is 4.79 Å². The molecule has 1 heterocycles. The van der Waals surface area contributed by atoms with E-state index in [4.69, 9.17) is 0 Å². The molecule has 0 aliphatic heterocycles. The van der Waals surface area contributed by atoms with Crippen LogP contribution in [-0.2, 0) is 14.8 Å². The largest absolute Gasteiger partial charge is 0.325 e. The molecule has 0 aliphatic rings. The van der Waals surface area contributed by atoms with Crippen LogP contribution >= 0.6 is 23.1 Å². The van der Waals surface area contributed by atoms with Crippen LogP contribution in [0.1, 0.15) is 0 Å². The zero-order valence-corrected chi connectivity index (χ0v) is 14.3. The van der Waals surface area contributed by atoms with Gasteiger partial charge in [-0.25, -0.2) is 12.7 Å². The number of amides is 1. The summed E-state index contributed by atoms with van der Waals surface area (Å²) in [4.78, 5) is 12.0. The van der Waals surface area contributed by atoms with Gasteiger partial charge < -0.3 is 5.32 Å². The smallest absolute Gasteiger partial charge is 0.242 e. The van der Waals surface area contributed by atoms with E-state index in [1.165, 1.54) is 49.3 Å². The lowest BCUT2D eigenvalue weighted by atomic mass is 10.3. The first-order valence-corrected chi connectivity index (χ1v) is 9.41. The van der Waals surface area contributed by atoms with Crippen molar-refractivity contribution in [1.29, 1.82) is 0 Å². The molecule has 1 aromatic carbocycles. The Morgan fingerprint density at radius 3 is 2.55 bits per heavy atom. The van der Waals surface area contributed by atoms with E-state index in [0.29, 0.717) is 5.69 Å². The van der Waals surface area contributed by atoms with E-state index in [1.54, 1.807) is 17.6 Å². The molecule has 0 atom stereocenters. The first-order valence-electron chi connectivity index (χ1n) is 6.11. The fourth-order valence-corrected chi connectivity index (χ4v) is 3.66. The molecule has 10 heteroatoms. The first-order chi connectivity index (χ1) is 10.4. The molecular formula is C12H14N4O3S3. The third kappa shape index (κ3) is 4.26. The molecule has 2 rings (SSSR count). The molecule has 7 nitrogen and oxygen atoms in total. The molecule has 1 N–H and O–H groups in total. The van der Waals surface area contributed by atoms with Crippen molar-refractivity contribution in [2.45, 2.75) is 9.24 Å². The quantitative estimate of drug-likeness (QED) is 0.787. The highest BCUT2D eigenvalue weighted by Crippen LogP contribution is 2.20. The molecule has 118 valence electrons. The summed E-state index contributed by atoms with van der Waals surface area (Å²) in [5, 5.41) is 10.2. The van der Waals surface area contributed by atoms with E-state index >= 15 is 0 Å². The molecular weight excluding hydrogens is 344 g/mol. The molecule has 0 bridgehead atoms. The van der Waals surface area contributed by atoms with E-state index in [2.05, 4.69) is 15.5 Å². The zero-order chi connectivity index (χ0) is 16.2. The average Bonchev–Trinajstić information content (AvgIpc) is 2.99. The molecule has 0 fully saturated rings. The van der Waals surface area contributed by atoms with Crippen LogP contribution in [0.4, 0.5) is 5.69 Å². The number of nitrogens with zero attached hydrogens (tertiary/aromatic N) is 3. The minimum Gasteiger partial charge on any atom is -0.325 e. The Kier molecular flexibility index (Phi) is 5.51. The molecule has 0 unspecified atom stereocenters. The second kappa shape index (κ2) is 7.18. The molecule has 1 amide bonds. The number of hydrogen-bond donors (Lipinski definition) is 1. The second-order valence-corrected chi connectivity index (χ2v) is 8.56. The van der Waals surface area contributed by atoms with Gasteiger partial charge in [0, 0.05) is 19.8 Å². The van der Waals surface area contributed by atoms with Crippen LogP contribution in [0.15, 0.2) is 39.0 Å². The Labute approximate surface area is 136 Å². The Bertz CT molecular complexity index is 727. The molecule has 0 spiro atoms. The molecule has 2 aromatic rings. The van der Waals surface area contributed by atoms with Gasteiger partial charge in [0.1, 0.15) is 5.51 Å². The number of carbonyl (C=O) groups is 1. The topological polar surface area (TPSA) is 92.3 Å². The monoisotopic (exact) mass is 358 g/mol. The van der Waals surface area contributed by atoms with Crippen LogP contribution in [0, 0.1) is 0 Å². The van der Waals surface area contributed by atoms with Crippen molar-refractivity contribution >= 4 is 44.7 Å². The third-order valence-electron chi connectivity index (χ3n) is 2.58. The number of hydrogen-bond acceptors (Lipinski definition) is 7. The van der Waals surface area contributed by atoms with Crippen molar-refractivity contribution in [1.82, 2.24) is 14.5 Å². The standard InChI is InChI=1S/C12H14N4O3S3/c1-16(2)22(18,19)10-5-3-9(4-6-10)14-11(17)7-20-12-15-13-8-21-12/h3-6,8H,7H2,1-2H3,(H,14,17). The molecule has 1 aromatic heterocycles. The van der Waals surface area contributed by atoms with Crippen molar-refractivity contribution in [2.75, 3.05) is 25.2 Å². The Morgan fingerprint density at radius 2 is 2.00 bits per heavy atom. The van der Waals surface area contributed by atoms with Crippen molar-refractivity contribution in [3.05, 3.63) is 29.8 Å². The maximum absolute atomic E-state index is 11.9. The average molecular weight is 358 g/mol. The van der Waals surface area contributed by atoms with Crippen LogP contribution in [0.25, 0.3) is 0 Å². The summed E-state index contributed by atoms with van der Waals surface area (Å²) in [7, 11) is -0.523. The van der Waals surface area contributed by atoms with Crippen LogP contribution < -0.4 is 5.32 Å². The number of sulfonamides is 1. The minimum atomic E-state index is -3.46. The Balaban J connectivity index is 1.95. The van der Waals surface area contributed by atoms with Gasteiger partial charge in [-0.05, 0) is 24.3 Å². The maximum atomic E-state index is 11.9. The van der Waals surface area contributed by atoms with Gasteiger partial charge in [0.05, 0.1) is 10.6 Å². The maximum Gasteiger partial charge on any atom is 0.242 e. The summed E-state index contributed by atoms with van der Waals surface area (Å²) in [6.45, 7) is 0. The highest BCUT2D eigenvalue weighted by Gasteiger charge is 2.16. The van der Waals surface area contributed by atoms with E-state index in [-0.39, 0.29) is 16.6 Å². The lowest BCUT2D eigenvalue weighted by Gasteiger charge is -2.11. The summed E-state index contributed by atoms with van der Waals surface area (Å²) >= 11 is 2.66. The molecule has 0 saturated heterocycles. The predicted octanol–water partition coefficient (Wildman–Crippen LogP) is 1.52. The van der Waals surface area contributed by atoms with Gasteiger partial charge >= 0.3 is 0 Å². The number of rotatable bonds is 6. The number of carbonyl (C=O) groups excluding carboxylic acids is 1. The number of thioether (sulfide) groups is 1. The first kappa shape index (κ1) is 16.9. The Hall–Kier alpha value is -1.49. The lowest BCUT2D eigenvalue weighted by molar-refractivity contribution is -0.113. The van der Waals surface area contributed by atoms with Crippen molar-refractivity contribution in [2.24, 2.45) is 0 Å². The Morgan fingerprint density at radius 1 is 1.32 bits per heavy atom. The number of aromatic nitrogens is 2. The van der Waals surface area contributed by atoms with Crippen molar-refractivity contribution in [3.63, 3.8) is 0 Å². The normalized spacial score (nSPS) is 11.6. The summed E-state index contributed by atoms with van der Waals surface area (Å²) in [5.41, 5.74) is 2.14. The fraction of sp³-hybridized carbons (Fsp3) is 0.250. The highest BCUT2D eigenvalue weighted by atomic mass is 32.2. The highest BCUT2D eigenvalue weighted by molar-refractivity contribution is 8.01. The van der Waals surface area contributed by atoms with Crippen LogP contribution in [-0.4, -0.2) is 48.7 Å². The zero-order valence-electron chi connectivity index (χ0n) is 11.9. The van der Waals surface area contributed by atoms with Gasteiger partial charge in [0.25, 0.3) is 0 Å². The second-order valence-electron chi connectivity index (χ2n) is 4.35. The lowest BCUT2D eigenvalue weighted by Crippen LogP contribution is -2.22. The van der Waals surface area contributed by atoms with E-state index in [0.717, 1.165) is 8.64 Å². The number of anilines is 1. The summed E-state index contributed by atoms with van der Waals surface area (Å²) < 4.78 is 25.7. The van der Waals surface area contributed by atoms with Crippen molar-refractivity contribution < 1.29 is 13.2 Å². The summed E-state index contributed by atoms with van der Waals surface area (Å²) in [6.07, 6.45) is 0.